The first-order valence-electron chi connectivity index (χ1n) is 13.6. The molecule has 3 atom stereocenters. The largest absolute Gasteiger partial charge is 0.399 e. The standard InChI is InChI=1S/C30H40N6O3/c1-18(34-17-27(37)36-13-5-6-19(36)2)16-30(29(39)35-33-4)25-11-9-21(20(3)31)14-22(25)7-8-23-15-24(28(32)38)10-12-26(23)30/h9-12,14-15,18-19,33-34H,3,5-8,13,16-17,31H2,1-2,4H3,(H2,32,38)(H,35,39)/t18-,19?,30?/m0/s1. The zero-order valence-corrected chi connectivity index (χ0v) is 23.1. The first kappa shape index (κ1) is 28.3. The Morgan fingerprint density at radius 1 is 1.08 bits per heavy atom. The van der Waals surface area contributed by atoms with Crippen LogP contribution in [0.1, 0.15) is 71.3 Å². The number of hydrazine groups is 1. The van der Waals surface area contributed by atoms with Crippen molar-refractivity contribution in [3.8, 4) is 0 Å². The van der Waals surface area contributed by atoms with Crippen LogP contribution in [-0.4, -0.2) is 54.8 Å². The zero-order chi connectivity index (χ0) is 28.3. The van der Waals surface area contributed by atoms with E-state index < -0.39 is 11.3 Å². The van der Waals surface area contributed by atoms with Crippen molar-refractivity contribution in [2.24, 2.45) is 11.5 Å². The first-order chi connectivity index (χ1) is 18.6. The van der Waals surface area contributed by atoms with Crippen LogP contribution < -0.4 is 27.6 Å². The number of carbonyl (C=O) groups excluding carboxylic acids is 3. The highest BCUT2D eigenvalue weighted by Gasteiger charge is 2.47. The van der Waals surface area contributed by atoms with Gasteiger partial charge in [0.2, 0.25) is 17.7 Å². The summed E-state index contributed by atoms with van der Waals surface area (Å²) in [7, 11) is 1.65. The molecule has 1 aliphatic carbocycles. The molecule has 2 unspecified atom stereocenters. The number of carbonyl (C=O) groups is 3. The lowest BCUT2D eigenvalue weighted by molar-refractivity contribution is -0.130. The molecule has 9 nitrogen and oxygen atoms in total. The van der Waals surface area contributed by atoms with Gasteiger partial charge in [-0.3, -0.25) is 19.8 Å². The number of likely N-dealkylation sites (tertiary alicyclic amines) is 1. The van der Waals surface area contributed by atoms with Crippen molar-refractivity contribution in [1.29, 1.82) is 0 Å². The Kier molecular flexibility index (Phi) is 8.42. The lowest BCUT2D eigenvalue weighted by Crippen LogP contribution is -2.53. The van der Waals surface area contributed by atoms with Crippen molar-refractivity contribution in [3.05, 3.63) is 76.4 Å². The maximum Gasteiger partial charge on any atom is 0.249 e. The van der Waals surface area contributed by atoms with E-state index in [1.165, 1.54) is 0 Å². The third-order valence-corrected chi connectivity index (χ3v) is 8.16. The lowest BCUT2D eigenvalue weighted by Gasteiger charge is -2.37. The van der Waals surface area contributed by atoms with E-state index in [-0.39, 0.29) is 30.4 Å². The van der Waals surface area contributed by atoms with E-state index in [1.54, 1.807) is 19.2 Å². The number of nitrogens with zero attached hydrogens (tertiary/aromatic N) is 1. The molecule has 208 valence electrons. The van der Waals surface area contributed by atoms with Gasteiger partial charge < -0.3 is 21.7 Å². The monoisotopic (exact) mass is 532 g/mol. The predicted molar refractivity (Wildman–Crippen MR) is 153 cm³/mol. The van der Waals surface area contributed by atoms with Crippen LogP contribution in [0.5, 0.6) is 0 Å². The van der Waals surface area contributed by atoms with Gasteiger partial charge in [-0.05, 0) is 92.0 Å². The van der Waals surface area contributed by atoms with Gasteiger partial charge in [-0.15, -0.1) is 0 Å². The molecule has 2 aromatic rings. The number of nitrogens with two attached hydrogens (primary N) is 2. The molecular formula is C30H40N6O3. The summed E-state index contributed by atoms with van der Waals surface area (Å²) in [6, 6.07) is 11.2. The van der Waals surface area contributed by atoms with Gasteiger partial charge in [0, 0.05) is 36.9 Å². The van der Waals surface area contributed by atoms with E-state index in [2.05, 4.69) is 29.7 Å². The fourth-order valence-electron chi connectivity index (χ4n) is 6.18. The molecule has 7 N–H and O–H groups in total. The van der Waals surface area contributed by atoms with E-state index >= 15 is 0 Å². The Hall–Kier alpha value is -3.69. The van der Waals surface area contributed by atoms with E-state index in [1.807, 2.05) is 36.1 Å². The van der Waals surface area contributed by atoms with Crippen molar-refractivity contribution >= 4 is 23.4 Å². The highest BCUT2D eigenvalue weighted by molar-refractivity contribution is 5.96. The molecule has 0 aromatic heterocycles. The van der Waals surface area contributed by atoms with Crippen LogP contribution in [0.3, 0.4) is 0 Å². The van der Waals surface area contributed by atoms with E-state index in [0.717, 1.165) is 47.2 Å². The summed E-state index contributed by atoms with van der Waals surface area (Å²) in [6.07, 6.45) is 3.68. The van der Waals surface area contributed by atoms with E-state index in [4.69, 9.17) is 11.5 Å². The Bertz CT molecular complexity index is 1220. The molecule has 0 spiro atoms. The van der Waals surface area contributed by atoms with Gasteiger partial charge in [0.15, 0.2) is 0 Å². The van der Waals surface area contributed by atoms with E-state index in [9.17, 15) is 14.4 Å². The SMILES string of the molecule is C=C(N)c1ccc2c(c1)CCc1cc(C(N)=O)ccc1C2(C[C@H](C)NCC(=O)N1CCCC1C)C(=O)NNC. The molecule has 0 saturated carbocycles. The van der Waals surface area contributed by atoms with Crippen LogP contribution in [0.15, 0.2) is 43.0 Å². The zero-order valence-electron chi connectivity index (χ0n) is 23.1. The minimum absolute atomic E-state index is 0.0689. The molecular weight excluding hydrogens is 492 g/mol. The second kappa shape index (κ2) is 11.6. The third-order valence-electron chi connectivity index (χ3n) is 8.16. The van der Waals surface area contributed by atoms with Crippen LogP contribution in [0.4, 0.5) is 0 Å². The molecule has 1 fully saturated rings. The summed E-state index contributed by atoms with van der Waals surface area (Å²) in [5.74, 6) is -0.677. The number of amides is 3. The van der Waals surface area contributed by atoms with Crippen molar-refractivity contribution in [1.82, 2.24) is 21.1 Å². The van der Waals surface area contributed by atoms with Gasteiger partial charge in [0.1, 0.15) is 5.41 Å². The molecule has 2 aliphatic rings. The molecule has 3 amide bonds. The van der Waals surface area contributed by atoms with Crippen molar-refractivity contribution in [2.75, 3.05) is 20.1 Å². The maximum absolute atomic E-state index is 14.2. The minimum Gasteiger partial charge on any atom is -0.399 e. The van der Waals surface area contributed by atoms with Crippen LogP contribution in [0.25, 0.3) is 5.70 Å². The topological polar surface area (TPSA) is 143 Å². The third kappa shape index (κ3) is 5.55. The number of benzene rings is 2. The lowest BCUT2D eigenvalue weighted by atomic mass is 9.67. The summed E-state index contributed by atoms with van der Waals surface area (Å²) in [4.78, 5) is 41.0. The molecule has 1 saturated heterocycles. The number of rotatable bonds is 9. The predicted octanol–water partition coefficient (Wildman–Crippen LogP) is 1.73. The number of fused-ring (bicyclic) bond motifs is 2. The second-order valence-corrected chi connectivity index (χ2v) is 10.8. The Morgan fingerprint density at radius 3 is 2.23 bits per heavy atom. The van der Waals surface area contributed by atoms with Gasteiger partial charge in [-0.1, -0.05) is 24.8 Å². The van der Waals surface area contributed by atoms with Gasteiger partial charge in [-0.2, -0.15) is 0 Å². The molecule has 1 heterocycles. The molecule has 1 aliphatic heterocycles. The Balaban J connectivity index is 1.80. The number of nitrogens with one attached hydrogen (secondary N) is 3. The summed E-state index contributed by atoms with van der Waals surface area (Å²) < 4.78 is 0. The van der Waals surface area contributed by atoms with Crippen LogP contribution >= 0.6 is 0 Å². The van der Waals surface area contributed by atoms with Crippen molar-refractivity contribution in [2.45, 2.75) is 63.5 Å². The molecule has 0 radical (unpaired) electrons. The average Bonchev–Trinajstić information content (AvgIpc) is 3.29. The molecule has 9 heteroatoms. The number of hydrogen-bond acceptors (Lipinski definition) is 6. The molecule has 2 aromatic carbocycles. The maximum atomic E-state index is 14.2. The molecule has 0 bridgehead atoms. The van der Waals surface area contributed by atoms with Crippen LogP contribution in [0, 0.1) is 0 Å². The summed E-state index contributed by atoms with van der Waals surface area (Å²) in [6.45, 7) is 8.94. The fourth-order valence-corrected chi connectivity index (χ4v) is 6.18. The minimum atomic E-state index is -1.12. The van der Waals surface area contributed by atoms with E-state index in [0.29, 0.717) is 30.5 Å². The summed E-state index contributed by atoms with van der Waals surface area (Å²) >= 11 is 0. The quantitative estimate of drug-likeness (QED) is 0.311. The first-order valence-corrected chi connectivity index (χ1v) is 13.6. The summed E-state index contributed by atoms with van der Waals surface area (Å²) in [5.41, 5.74) is 21.4. The van der Waals surface area contributed by atoms with Gasteiger partial charge in [0.05, 0.1) is 6.54 Å². The van der Waals surface area contributed by atoms with Crippen LogP contribution in [-0.2, 0) is 27.8 Å². The highest BCUT2D eigenvalue weighted by Crippen LogP contribution is 2.44. The van der Waals surface area contributed by atoms with Gasteiger partial charge in [-0.25, -0.2) is 5.43 Å². The smallest absolute Gasteiger partial charge is 0.249 e. The highest BCUT2D eigenvalue weighted by atomic mass is 16.2. The summed E-state index contributed by atoms with van der Waals surface area (Å²) in [5, 5.41) is 3.39. The number of hydrogen-bond donors (Lipinski definition) is 5. The van der Waals surface area contributed by atoms with Gasteiger partial charge >= 0.3 is 0 Å². The second-order valence-electron chi connectivity index (χ2n) is 10.8. The van der Waals surface area contributed by atoms with Crippen molar-refractivity contribution < 1.29 is 14.4 Å². The van der Waals surface area contributed by atoms with Crippen LogP contribution in [0.2, 0.25) is 0 Å². The molecule has 4 rings (SSSR count). The van der Waals surface area contributed by atoms with Crippen molar-refractivity contribution in [3.63, 3.8) is 0 Å². The number of aryl methyl sites for hydroxylation is 2. The average molecular weight is 533 g/mol. The number of primary amides is 1. The normalized spacial score (nSPS) is 20.9. The fraction of sp³-hybridized carbons (Fsp3) is 0.433. The Morgan fingerprint density at radius 2 is 1.69 bits per heavy atom. The Labute approximate surface area is 230 Å². The molecule has 39 heavy (non-hydrogen) atoms. The van der Waals surface area contributed by atoms with Gasteiger partial charge in [0.25, 0.3) is 0 Å².